The minimum absolute atomic E-state index is 0.00579. The van der Waals surface area contributed by atoms with Crippen LogP contribution in [0, 0.1) is 23.7 Å². The zero-order valence-corrected chi connectivity index (χ0v) is 15.2. The van der Waals surface area contributed by atoms with E-state index in [1.807, 2.05) is 6.92 Å². The first-order valence-corrected chi connectivity index (χ1v) is 9.25. The first-order chi connectivity index (χ1) is 11.9. The number of hydrogen-bond acceptors (Lipinski definition) is 5. The summed E-state index contributed by atoms with van der Waals surface area (Å²) in [6.07, 6.45) is 2.77. The molecule has 1 aliphatic carbocycles. The van der Waals surface area contributed by atoms with Crippen molar-refractivity contribution in [3.05, 3.63) is 0 Å². The highest BCUT2D eigenvalue weighted by Crippen LogP contribution is 2.47. The Morgan fingerprint density at radius 1 is 1.36 bits per heavy atom. The molecule has 0 unspecified atom stereocenters. The molecule has 2 aliphatic rings. The average Bonchev–Trinajstić information content (AvgIpc) is 2.85. The maximum atomic E-state index is 11.9. The van der Waals surface area contributed by atoms with Crippen LogP contribution >= 0.6 is 0 Å². The monoisotopic (exact) mass is 355 g/mol. The van der Waals surface area contributed by atoms with Crippen molar-refractivity contribution >= 4 is 18.0 Å². The molecule has 0 aromatic heterocycles. The lowest BCUT2D eigenvalue weighted by molar-refractivity contribution is -0.149. The summed E-state index contributed by atoms with van der Waals surface area (Å²) in [7, 11) is 0. The molecule has 1 heterocycles. The van der Waals surface area contributed by atoms with E-state index in [4.69, 9.17) is 9.47 Å². The number of alkyl carbamates (subject to hydrolysis) is 1. The SMILES string of the molecule is CCOC(=O)N[C@@H](CC)CC[C@@H]1CC[C@H]2C(=O)O[C@H](C)[C@H]2[C@H]1C(=O)O. The molecule has 0 bridgehead atoms. The van der Waals surface area contributed by atoms with E-state index in [9.17, 15) is 19.5 Å². The lowest BCUT2D eigenvalue weighted by Gasteiger charge is -2.37. The Bertz CT molecular complexity index is 508. The van der Waals surface area contributed by atoms with Crippen molar-refractivity contribution < 1.29 is 29.0 Å². The molecule has 0 radical (unpaired) electrons. The smallest absolute Gasteiger partial charge is 0.407 e. The molecule has 2 rings (SSSR count). The first kappa shape index (κ1) is 19.5. The fraction of sp³-hybridized carbons (Fsp3) is 0.833. The van der Waals surface area contributed by atoms with Crippen LogP contribution in [0.25, 0.3) is 0 Å². The number of carbonyl (C=O) groups is 3. The van der Waals surface area contributed by atoms with Gasteiger partial charge < -0.3 is 19.9 Å². The predicted molar refractivity (Wildman–Crippen MR) is 89.9 cm³/mol. The number of carboxylic acid groups (broad SMARTS) is 1. The van der Waals surface area contributed by atoms with Gasteiger partial charge >= 0.3 is 18.0 Å². The largest absolute Gasteiger partial charge is 0.481 e. The van der Waals surface area contributed by atoms with Gasteiger partial charge in [-0.2, -0.15) is 0 Å². The zero-order valence-electron chi connectivity index (χ0n) is 15.2. The van der Waals surface area contributed by atoms with Crippen molar-refractivity contribution in [2.45, 2.75) is 65.0 Å². The van der Waals surface area contributed by atoms with Crippen LogP contribution in [0.5, 0.6) is 0 Å². The molecule has 1 amide bonds. The Labute approximate surface area is 148 Å². The highest BCUT2D eigenvalue weighted by Gasteiger charge is 2.53. The number of carbonyl (C=O) groups excluding carboxylic acids is 2. The number of cyclic esters (lactones) is 1. The lowest BCUT2D eigenvalue weighted by Crippen LogP contribution is -2.42. The van der Waals surface area contributed by atoms with E-state index in [1.54, 1.807) is 13.8 Å². The van der Waals surface area contributed by atoms with Crippen LogP contribution in [0.15, 0.2) is 0 Å². The van der Waals surface area contributed by atoms with Crippen LogP contribution in [0.3, 0.4) is 0 Å². The summed E-state index contributed by atoms with van der Waals surface area (Å²) in [5.41, 5.74) is 0. The Morgan fingerprint density at radius 3 is 2.68 bits per heavy atom. The number of ether oxygens (including phenoxy) is 2. The molecule has 7 nitrogen and oxygen atoms in total. The zero-order chi connectivity index (χ0) is 18.6. The molecule has 0 aromatic carbocycles. The molecule has 2 fully saturated rings. The fourth-order valence-corrected chi connectivity index (χ4v) is 4.40. The minimum Gasteiger partial charge on any atom is -0.481 e. The van der Waals surface area contributed by atoms with Gasteiger partial charge in [-0.25, -0.2) is 4.79 Å². The van der Waals surface area contributed by atoms with E-state index < -0.39 is 18.0 Å². The summed E-state index contributed by atoms with van der Waals surface area (Å²) in [6, 6.07) is -0.0369. The number of carboxylic acids is 1. The van der Waals surface area contributed by atoms with Crippen molar-refractivity contribution in [1.82, 2.24) is 5.32 Å². The molecule has 0 spiro atoms. The van der Waals surface area contributed by atoms with E-state index in [1.165, 1.54) is 0 Å². The van der Waals surface area contributed by atoms with Crippen LogP contribution in [0.1, 0.15) is 52.9 Å². The van der Waals surface area contributed by atoms with Crippen molar-refractivity contribution in [1.29, 1.82) is 0 Å². The molecule has 7 heteroatoms. The molecule has 0 aromatic rings. The third-order valence-electron chi connectivity index (χ3n) is 5.64. The fourth-order valence-electron chi connectivity index (χ4n) is 4.40. The van der Waals surface area contributed by atoms with E-state index in [2.05, 4.69) is 5.32 Å². The summed E-state index contributed by atoms with van der Waals surface area (Å²) >= 11 is 0. The lowest BCUT2D eigenvalue weighted by atomic mass is 9.64. The number of hydrogen-bond donors (Lipinski definition) is 2. The quantitative estimate of drug-likeness (QED) is 0.681. The number of fused-ring (bicyclic) bond motifs is 1. The highest BCUT2D eigenvalue weighted by molar-refractivity contribution is 5.79. The number of amides is 1. The Morgan fingerprint density at radius 2 is 2.08 bits per heavy atom. The summed E-state index contributed by atoms with van der Waals surface area (Å²) < 4.78 is 10.2. The third-order valence-corrected chi connectivity index (χ3v) is 5.64. The number of nitrogens with one attached hydrogen (secondary N) is 1. The van der Waals surface area contributed by atoms with Crippen LogP contribution in [-0.4, -0.2) is 41.9 Å². The van der Waals surface area contributed by atoms with Crippen molar-refractivity contribution in [3.63, 3.8) is 0 Å². The van der Waals surface area contributed by atoms with Gasteiger partial charge in [-0.1, -0.05) is 6.92 Å². The molecule has 25 heavy (non-hydrogen) atoms. The van der Waals surface area contributed by atoms with E-state index in [-0.39, 0.29) is 35.9 Å². The van der Waals surface area contributed by atoms with Gasteiger partial charge in [0.25, 0.3) is 0 Å². The van der Waals surface area contributed by atoms with Gasteiger partial charge in [-0.05, 0) is 51.9 Å². The van der Waals surface area contributed by atoms with E-state index >= 15 is 0 Å². The van der Waals surface area contributed by atoms with Gasteiger partial charge in [0, 0.05) is 12.0 Å². The van der Waals surface area contributed by atoms with Gasteiger partial charge in [0.05, 0.1) is 18.4 Å². The molecular weight excluding hydrogens is 326 g/mol. The highest BCUT2D eigenvalue weighted by atomic mass is 16.6. The topological polar surface area (TPSA) is 102 Å². The molecule has 2 N–H and O–H groups in total. The minimum atomic E-state index is -0.851. The molecule has 1 aliphatic heterocycles. The molecule has 6 atom stereocenters. The Kier molecular flexibility index (Phi) is 6.67. The standard InChI is InChI=1S/C18H29NO6/c1-4-12(19-18(23)24-5-2)8-6-11-7-9-13-14(15(11)16(20)21)10(3)25-17(13)22/h10-15H,4-9H2,1-3H3,(H,19,23)(H,20,21)/t10-,11-,12+,13-,14-,15+/m1/s1. The van der Waals surface area contributed by atoms with Gasteiger partial charge in [0.15, 0.2) is 0 Å². The summed E-state index contributed by atoms with van der Waals surface area (Å²) in [6.45, 7) is 5.84. The maximum absolute atomic E-state index is 11.9. The molecule has 1 saturated heterocycles. The second-order valence-corrected chi connectivity index (χ2v) is 7.07. The molecule has 142 valence electrons. The number of rotatable bonds is 7. The number of esters is 1. The summed E-state index contributed by atoms with van der Waals surface area (Å²) in [5, 5.41) is 12.6. The predicted octanol–water partition coefficient (Wildman–Crippen LogP) is 2.58. The second-order valence-electron chi connectivity index (χ2n) is 7.07. The van der Waals surface area contributed by atoms with Gasteiger partial charge in [0.1, 0.15) is 6.10 Å². The van der Waals surface area contributed by atoms with Gasteiger partial charge in [-0.15, -0.1) is 0 Å². The third kappa shape index (κ3) is 4.44. The molecule has 1 saturated carbocycles. The first-order valence-electron chi connectivity index (χ1n) is 9.25. The molecular formula is C18H29NO6. The Hall–Kier alpha value is -1.79. The Balaban J connectivity index is 1.99. The van der Waals surface area contributed by atoms with Crippen LogP contribution < -0.4 is 5.32 Å². The summed E-state index contributed by atoms with van der Waals surface area (Å²) in [5.74, 6) is -2.21. The number of aliphatic carboxylic acids is 1. The van der Waals surface area contributed by atoms with Crippen molar-refractivity contribution in [2.24, 2.45) is 23.7 Å². The van der Waals surface area contributed by atoms with Crippen LogP contribution in [0.2, 0.25) is 0 Å². The van der Waals surface area contributed by atoms with Crippen molar-refractivity contribution in [2.75, 3.05) is 6.61 Å². The van der Waals surface area contributed by atoms with E-state index in [0.29, 0.717) is 32.3 Å². The maximum Gasteiger partial charge on any atom is 0.407 e. The van der Waals surface area contributed by atoms with Gasteiger partial charge in [-0.3, -0.25) is 9.59 Å². The van der Waals surface area contributed by atoms with E-state index in [0.717, 1.165) is 6.42 Å². The normalized spacial score (nSPS) is 32.4. The average molecular weight is 355 g/mol. The van der Waals surface area contributed by atoms with Gasteiger partial charge in [0.2, 0.25) is 0 Å². The summed E-state index contributed by atoms with van der Waals surface area (Å²) in [4.78, 5) is 35.4. The second kappa shape index (κ2) is 8.54. The van der Waals surface area contributed by atoms with Crippen LogP contribution in [-0.2, 0) is 19.1 Å². The van der Waals surface area contributed by atoms with Crippen LogP contribution in [0.4, 0.5) is 4.79 Å². The van der Waals surface area contributed by atoms with Crippen molar-refractivity contribution in [3.8, 4) is 0 Å².